The molecule has 0 saturated heterocycles. The summed E-state index contributed by atoms with van der Waals surface area (Å²) in [7, 11) is 0. The lowest BCUT2D eigenvalue weighted by molar-refractivity contribution is 0.115. The van der Waals surface area contributed by atoms with Crippen molar-refractivity contribution in [2.24, 2.45) is 0 Å². The maximum Gasteiger partial charge on any atom is 0.138 e. The van der Waals surface area contributed by atoms with Gasteiger partial charge in [0.25, 0.3) is 0 Å². The molecule has 3 unspecified atom stereocenters. The normalized spacial score (nSPS) is 18.6. The van der Waals surface area contributed by atoms with Gasteiger partial charge in [-0.2, -0.15) is 0 Å². The number of hydrogen-bond donors (Lipinski definition) is 0. The largest absolute Gasteiger partial charge is 0.482 e. The first-order valence-electron chi connectivity index (χ1n) is 20.8. The van der Waals surface area contributed by atoms with E-state index in [0.717, 1.165) is 34.8 Å². The Balaban J connectivity index is 1.00. The lowest BCUT2D eigenvalue weighted by Gasteiger charge is -2.37. The Bertz CT molecular complexity index is 3220. The molecule has 0 N–H and O–H groups in total. The molecule has 2 aliphatic rings. The summed E-state index contributed by atoms with van der Waals surface area (Å²) in [5.74, 6) is 0.957. The third-order valence-corrected chi connectivity index (χ3v) is 14.2. The van der Waals surface area contributed by atoms with E-state index in [9.17, 15) is 0 Å². The predicted octanol–water partition coefficient (Wildman–Crippen LogP) is 15.1. The number of aromatic nitrogens is 1. The van der Waals surface area contributed by atoms with E-state index >= 15 is 0 Å². The number of hydrogen-bond acceptors (Lipinski definition) is 3. The van der Waals surface area contributed by atoms with Crippen molar-refractivity contribution in [1.82, 2.24) is 4.57 Å². The number of para-hydroxylation sites is 2. The van der Waals surface area contributed by atoms with E-state index < -0.39 is 5.60 Å². The van der Waals surface area contributed by atoms with Gasteiger partial charge in [0, 0.05) is 53.6 Å². The van der Waals surface area contributed by atoms with Gasteiger partial charge in [-0.05, 0) is 104 Å². The molecular formula is C56H44N2OS. The Morgan fingerprint density at radius 1 is 0.683 bits per heavy atom. The van der Waals surface area contributed by atoms with Crippen molar-refractivity contribution in [2.45, 2.75) is 37.3 Å². The Morgan fingerprint density at radius 3 is 2.27 bits per heavy atom. The van der Waals surface area contributed by atoms with E-state index in [2.05, 4.69) is 230 Å². The molecule has 0 fully saturated rings. The van der Waals surface area contributed by atoms with E-state index in [1.165, 1.54) is 58.7 Å². The Labute approximate surface area is 355 Å². The molecule has 0 bridgehead atoms. The fourth-order valence-electron chi connectivity index (χ4n) is 9.62. The fourth-order valence-corrected chi connectivity index (χ4v) is 10.9. The Kier molecular flexibility index (Phi) is 8.54. The summed E-state index contributed by atoms with van der Waals surface area (Å²) in [6.45, 7) is 8.90. The van der Waals surface area contributed by atoms with Gasteiger partial charge in [0.05, 0.1) is 22.5 Å². The first-order chi connectivity index (χ1) is 29.4. The van der Waals surface area contributed by atoms with Gasteiger partial charge in [-0.3, -0.25) is 0 Å². The average Bonchev–Trinajstić information content (AvgIpc) is 3.91. The zero-order chi connectivity index (χ0) is 40.4. The summed E-state index contributed by atoms with van der Waals surface area (Å²) in [4.78, 5) is 2.45. The minimum absolute atomic E-state index is 0.0323. The summed E-state index contributed by atoms with van der Waals surface area (Å²) in [5.41, 5.74) is 9.96. The molecule has 0 amide bonds. The molecule has 3 heterocycles. The van der Waals surface area contributed by atoms with Crippen LogP contribution in [0.25, 0.3) is 64.9 Å². The summed E-state index contributed by atoms with van der Waals surface area (Å²) >= 11 is 1.87. The van der Waals surface area contributed by atoms with E-state index in [4.69, 9.17) is 4.74 Å². The zero-order valence-electron chi connectivity index (χ0n) is 33.8. The van der Waals surface area contributed by atoms with Crippen LogP contribution in [0.2, 0.25) is 0 Å². The first kappa shape index (κ1) is 36.2. The number of thiophene rings is 1. The second-order valence-corrected chi connectivity index (χ2v) is 17.5. The van der Waals surface area contributed by atoms with Crippen LogP contribution in [-0.2, 0) is 5.41 Å². The van der Waals surface area contributed by atoms with Crippen molar-refractivity contribution in [3.8, 4) is 22.6 Å². The first-order valence-corrected chi connectivity index (χ1v) is 21.6. The number of nitrogens with zero attached hydrogens (tertiary/aromatic N) is 2. The molecule has 4 heteroatoms. The smallest absolute Gasteiger partial charge is 0.138 e. The van der Waals surface area contributed by atoms with Crippen molar-refractivity contribution in [3.63, 3.8) is 0 Å². The van der Waals surface area contributed by atoms with Crippen molar-refractivity contribution in [1.29, 1.82) is 0 Å². The standard InChI is InChI=1S/C56H44N2OS/c1-4-40(19-14-16-38-26-33-52-49(36-38)55(2)34-12-13-35-56(55,3)59-52)57(42-29-27-39(28-30-42)44-22-15-23-48-47-21-9-11-25-53(47)60-54(44)48)43-31-32-46-45-20-8-10-24-50(45)58(51(46)37-43)41-17-6-5-7-18-41/h4-18,20-37,40H,1,19H2,2-3H3/b16-14+. The van der Waals surface area contributed by atoms with Gasteiger partial charge < -0.3 is 14.2 Å². The lowest BCUT2D eigenvalue weighted by Crippen LogP contribution is -2.45. The van der Waals surface area contributed by atoms with Gasteiger partial charge >= 0.3 is 0 Å². The molecular weight excluding hydrogens is 749 g/mol. The van der Waals surface area contributed by atoms with Crippen LogP contribution in [0.1, 0.15) is 31.4 Å². The van der Waals surface area contributed by atoms with Crippen LogP contribution in [-0.4, -0.2) is 16.2 Å². The van der Waals surface area contributed by atoms with Crippen LogP contribution in [0.5, 0.6) is 5.75 Å². The van der Waals surface area contributed by atoms with Crippen molar-refractivity contribution < 1.29 is 4.74 Å². The average molecular weight is 793 g/mol. The zero-order valence-corrected chi connectivity index (χ0v) is 34.6. The maximum atomic E-state index is 6.52. The number of allylic oxidation sites excluding steroid dienone is 2. The molecule has 2 aromatic heterocycles. The molecule has 11 rings (SSSR count). The highest BCUT2D eigenvalue weighted by Gasteiger charge is 2.52. The van der Waals surface area contributed by atoms with Crippen LogP contribution in [0.15, 0.2) is 201 Å². The van der Waals surface area contributed by atoms with E-state index in [1.54, 1.807) is 0 Å². The van der Waals surface area contributed by atoms with Crippen LogP contribution in [0.4, 0.5) is 11.4 Å². The highest BCUT2D eigenvalue weighted by molar-refractivity contribution is 7.26. The Hall–Kier alpha value is -6.88. The fraction of sp³-hybridized carbons (Fsp3) is 0.107. The second kappa shape index (κ2) is 14.1. The van der Waals surface area contributed by atoms with Gasteiger partial charge in [-0.1, -0.05) is 134 Å². The van der Waals surface area contributed by atoms with E-state index in [0.29, 0.717) is 0 Å². The molecule has 0 saturated carbocycles. The summed E-state index contributed by atoms with van der Waals surface area (Å²) in [5, 5.41) is 5.10. The molecule has 7 aromatic carbocycles. The molecule has 1 aliphatic carbocycles. The highest BCUT2D eigenvalue weighted by Crippen LogP contribution is 2.52. The summed E-state index contributed by atoms with van der Waals surface area (Å²) in [6.07, 6.45) is 16.1. The van der Waals surface area contributed by atoms with Gasteiger partial charge in [0.15, 0.2) is 0 Å². The highest BCUT2D eigenvalue weighted by atomic mass is 32.1. The van der Waals surface area contributed by atoms with E-state index in [1.807, 2.05) is 11.3 Å². The molecule has 1 aliphatic heterocycles. The lowest BCUT2D eigenvalue weighted by atomic mass is 9.69. The molecule has 60 heavy (non-hydrogen) atoms. The third kappa shape index (κ3) is 5.70. The minimum Gasteiger partial charge on any atom is -0.482 e. The van der Waals surface area contributed by atoms with Crippen LogP contribution in [0.3, 0.4) is 0 Å². The third-order valence-electron chi connectivity index (χ3n) is 13.0. The molecule has 0 spiro atoms. The molecule has 3 nitrogen and oxygen atoms in total. The molecule has 290 valence electrons. The number of ether oxygens (including phenoxy) is 1. The number of anilines is 2. The van der Waals surface area contributed by atoms with Crippen molar-refractivity contribution in [2.75, 3.05) is 4.90 Å². The topological polar surface area (TPSA) is 17.4 Å². The van der Waals surface area contributed by atoms with Crippen molar-refractivity contribution in [3.05, 3.63) is 212 Å². The maximum absolute atomic E-state index is 6.52. The van der Waals surface area contributed by atoms with Gasteiger partial charge in [0.1, 0.15) is 11.4 Å². The second-order valence-electron chi connectivity index (χ2n) is 16.4. The van der Waals surface area contributed by atoms with Crippen LogP contribution in [0, 0.1) is 0 Å². The van der Waals surface area contributed by atoms with E-state index in [-0.39, 0.29) is 11.5 Å². The van der Waals surface area contributed by atoms with Crippen LogP contribution >= 0.6 is 11.3 Å². The monoisotopic (exact) mass is 792 g/mol. The minimum atomic E-state index is -0.395. The molecule has 0 radical (unpaired) electrons. The molecule has 3 atom stereocenters. The summed E-state index contributed by atoms with van der Waals surface area (Å²) in [6, 6.07) is 57.4. The van der Waals surface area contributed by atoms with Gasteiger partial charge in [-0.25, -0.2) is 0 Å². The Morgan fingerprint density at radius 2 is 1.42 bits per heavy atom. The number of benzene rings is 7. The van der Waals surface area contributed by atoms with Gasteiger partial charge in [-0.15, -0.1) is 17.9 Å². The number of fused-ring (bicyclic) bond motifs is 9. The number of rotatable bonds is 9. The quantitative estimate of drug-likeness (QED) is 0.135. The van der Waals surface area contributed by atoms with Crippen molar-refractivity contribution >= 4 is 70.8 Å². The predicted molar refractivity (Wildman–Crippen MR) is 256 cm³/mol. The summed E-state index contributed by atoms with van der Waals surface area (Å²) < 4.78 is 11.6. The molecule has 9 aromatic rings. The van der Waals surface area contributed by atoms with Gasteiger partial charge in [0.2, 0.25) is 0 Å². The SMILES string of the molecule is C=CC(C/C=C/c1ccc2c(c1)C1(C)C=CC=CC1(C)O2)N(c1ccc(-c2cccc3c2sc2ccccc23)cc1)c1ccc2c3ccccc3n(-c3ccccc3)c2c1. The van der Waals surface area contributed by atoms with Crippen LogP contribution < -0.4 is 9.64 Å².